The Morgan fingerprint density at radius 3 is 2.44 bits per heavy atom. The number of anilines is 3. The van der Waals surface area contributed by atoms with Crippen LogP contribution < -0.4 is 15.4 Å². The van der Waals surface area contributed by atoms with Crippen molar-refractivity contribution in [2.75, 3.05) is 17.2 Å². The second kappa shape index (κ2) is 8.75. The average molecular weight is 369 g/mol. The van der Waals surface area contributed by atoms with Crippen molar-refractivity contribution in [3.05, 3.63) is 78.5 Å². The van der Waals surface area contributed by atoms with Crippen LogP contribution in [0.15, 0.2) is 66.9 Å². The van der Waals surface area contributed by atoms with Gasteiger partial charge in [-0.25, -0.2) is 13.8 Å². The van der Waals surface area contributed by atoms with Gasteiger partial charge < -0.3 is 15.4 Å². The van der Waals surface area contributed by atoms with Crippen LogP contribution in [0.2, 0.25) is 0 Å². The van der Waals surface area contributed by atoms with E-state index in [0.29, 0.717) is 22.9 Å². The molecule has 7 heteroatoms. The summed E-state index contributed by atoms with van der Waals surface area (Å²) >= 11 is 0. The van der Waals surface area contributed by atoms with Crippen molar-refractivity contribution in [1.82, 2.24) is 4.98 Å². The highest BCUT2D eigenvalue weighted by molar-refractivity contribution is 5.90. The van der Waals surface area contributed by atoms with Gasteiger partial charge in [0, 0.05) is 11.8 Å². The van der Waals surface area contributed by atoms with Gasteiger partial charge in [-0.05, 0) is 36.4 Å². The minimum absolute atomic E-state index is 0.198. The normalized spacial score (nSPS) is 10.3. The number of carbonyl (C=O) groups excluding carboxylic acids is 1. The summed E-state index contributed by atoms with van der Waals surface area (Å²) in [6, 6.07) is 16.0. The quantitative estimate of drug-likeness (QED) is 0.643. The Bertz CT molecular complexity index is 903. The number of carbonyl (C=O) groups is 1. The predicted octanol–water partition coefficient (Wildman–Crippen LogP) is 4.51. The lowest BCUT2D eigenvalue weighted by Crippen LogP contribution is -2.15. The zero-order valence-electron chi connectivity index (χ0n) is 14.3. The molecule has 2 aromatic carbocycles. The minimum atomic E-state index is -0.943. The van der Waals surface area contributed by atoms with E-state index in [0.717, 1.165) is 12.1 Å². The summed E-state index contributed by atoms with van der Waals surface area (Å²) < 4.78 is 31.6. The van der Waals surface area contributed by atoms with Crippen molar-refractivity contribution in [1.29, 1.82) is 0 Å². The SMILES string of the molecule is O=C(CCOc1ccccc1)Nc1ccc(Nc2ccc(F)c(F)c2)nc1. The number of pyridine rings is 1. The summed E-state index contributed by atoms with van der Waals surface area (Å²) in [4.78, 5) is 16.1. The first-order chi connectivity index (χ1) is 13.1. The predicted molar refractivity (Wildman–Crippen MR) is 99.1 cm³/mol. The number of hydrogen-bond donors (Lipinski definition) is 2. The molecule has 0 unspecified atom stereocenters. The van der Waals surface area contributed by atoms with Gasteiger partial charge in [0.25, 0.3) is 0 Å². The first-order valence-electron chi connectivity index (χ1n) is 8.26. The molecule has 0 fully saturated rings. The molecule has 3 rings (SSSR count). The summed E-state index contributed by atoms with van der Waals surface area (Å²) in [6.07, 6.45) is 1.67. The lowest BCUT2D eigenvalue weighted by Gasteiger charge is -2.09. The van der Waals surface area contributed by atoms with Gasteiger partial charge in [0.1, 0.15) is 11.6 Å². The van der Waals surface area contributed by atoms with Crippen molar-refractivity contribution < 1.29 is 18.3 Å². The number of para-hydroxylation sites is 1. The summed E-state index contributed by atoms with van der Waals surface area (Å²) in [5, 5.41) is 5.57. The number of aromatic nitrogens is 1. The van der Waals surface area contributed by atoms with E-state index in [-0.39, 0.29) is 18.9 Å². The van der Waals surface area contributed by atoms with Gasteiger partial charge in [0.15, 0.2) is 11.6 Å². The largest absolute Gasteiger partial charge is 0.493 e. The van der Waals surface area contributed by atoms with Crippen LogP contribution in [0.25, 0.3) is 0 Å². The van der Waals surface area contributed by atoms with Gasteiger partial charge in [0.05, 0.1) is 24.9 Å². The Morgan fingerprint density at radius 1 is 0.963 bits per heavy atom. The minimum Gasteiger partial charge on any atom is -0.493 e. The molecule has 1 heterocycles. The Morgan fingerprint density at radius 2 is 1.74 bits per heavy atom. The molecule has 0 aliphatic rings. The first kappa shape index (κ1) is 18.3. The molecule has 0 saturated carbocycles. The molecule has 1 amide bonds. The summed E-state index contributed by atoms with van der Waals surface area (Å²) in [5.41, 5.74) is 0.895. The number of benzene rings is 2. The zero-order chi connectivity index (χ0) is 19.1. The van der Waals surface area contributed by atoms with Gasteiger partial charge in [-0.2, -0.15) is 0 Å². The molecule has 138 valence electrons. The number of rotatable bonds is 7. The third kappa shape index (κ3) is 5.50. The van der Waals surface area contributed by atoms with E-state index in [1.54, 1.807) is 12.1 Å². The molecule has 2 N–H and O–H groups in total. The summed E-state index contributed by atoms with van der Waals surface area (Å²) in [5.74, 6) is -0.912. The molecule has 0 bridgehead atoms. The van der Waals surface area contributed by atoms with Crippen LogP contribution >= 0.6 is 0 Å². The average Bonchev–Trinajstić information content (AvgIpc) is 2.67. The van der Waals surface area contributed by atoms with Gasteiger partial charge in [0.2, 0.25) is 5.91 Å². The Balaban J connectivity index is 1.48. The zero-order valence-corrected chi connectivity index (χ0v) is 14.3. The monoisotopic (exact) mass is 369 g/mol. The van der Waals surface area contributed by atoms with Gasteiger partial charge >= 0.3 is 0 Å². The fourth-order valence-electron chi connectivity index (χ4n) is 2.27. The smallest absolute Gasteiger partial charge is 0.227 e. The number of nitrogens with zero attached hydrogens (tertiary/aromatic N) is 1. The fraction of sp³-hybridized carbons (Fsp3) is 0.100. The van der Waals surface area contributed by atoms with Gasteiger partial charge in [-0.1, -0.05) is 18.2 Å². The highest BCUT2D eigenvalue weighted by atomic mass is 19.2. The summed E-state index contributed by atoms with van der Waals surface area (Å²) in [6.45, 7) is 0.263. The van der Waals surface area contributed by atoms with E-state index < -0.39 is 11.6 Å². The lowest BCUT2D eigenvalue weighted by atomic mass is 10.3. The summed E-state index contributed by atoms with van der Waals surface area (Å²) in [7, 11) is 0. The van der Waals surface area contributed by atoms with Gasteiger partial charge in [-0.15, -0.1) is 0 Å². The van der Waals surface area contributed by atoms with Crippen molar-refractivity contribution in [2.24, 2.45) is 0 Å². The second-order valence-corrected chi connectivity index (χ2v) is 5.65. The maximum atomic E-state index is 13.2. The third-order valence-corrected chi connectivity index (χ3v) is 3.58. The van der Waals surface area contributed by atoms with E-state index in [1.165, 1.54) is 12.3 Å². The molecule has 0 aliphatic heterocycles. The first-order valence-corrected chi connectivity index (χ1v) is 8.26. The van der Waals surface area contributed by atoms with Crippen molar-refractivity contribution in [3.8, 4) is 5.75 Å². The highest BCUT2D eigenvalue weighted by Crippen LogP contribution is 2.18. The Hall–Kier alpha value is -3.48. The molecule has 5 nitrogen and oxygen atoms in total. The molecule has 0 aliphatic carbocycles. The molecule has 3 aromatic rings. The Labute approximate surface area is 155 Å². The topological polar surface area (TPSA) is 63.2 Å². The van der Waals surface area contributed by atoms with Crippen molar-refractivity contribution in [2.45, 2.75) is 6.42 Å². The third-order valence-electron chi connectivity index (χ3n) is 3.58. The molecular formula is C20H17F2N3O2. The molecule has 0 spiro atoms. The highest BCUT2D eigenvalue weighted by Gasteiger charge is 2.06. The van der Waals surface area contributed by atoms with E-state index in [9.17, 15) is 13.6 Å². The van der Waals surface area contributed by atoms with E-state index in [1.807, 2.05) is 30.3 Å². The Kier molecular flexibility index (Phi) is 5.94. The number of ether oxygens (including phenoxy) is 1. The van der Waals surface area contributed by atoms with Crippen LogP contribution in [-0.2, 0) is 4.79 Å². The van der Waals surface area contributed by atoms with Crippen molar-refractivity contribution >= 4 is 23.1 Å². The number of nitrogens with one attached hydrogen (secondary N) is 2. The van der Waals surface area contributed by atoms with Crippen LogP contribution in [0.4, 0.5) is 26.0 Å². The maximum absolute atomic E-state index is 13.2. The van der Waals surface area contributed by atoms with E-state index >= 15 is 0 Å². The van der Waals surface area contributed by atoms with Crippen LogP contribution in [0, 0.1) is 11.6 Å². The van der Waals surface area contributed by atoms with E-state index in [2.05, 4.69) is 15.6 Å². The van der Waals surface area contributed by atoms with Crippen LogP contribution in [-0.4, -0.2) is 17.5 Å². The maximum Gasteiger partial charge on any atom is 0.227 e. The van der Waals surface area contributed by atoms with E-state index in [4.69, 9.17) is 4.74 Å². The second-order valence-electron chi connectivity index (χ2n) is 5.65. The molecule has 0 atom stereocenters. The number of amides is 1. The lowest BCUT2D eigenvalue weighted by molar-refractivity contribution is -0.116. The van der Waals surface area contributed by atoms with Crippen LogP contribution in [0.5, 0.6) is 5.75 Å². The van der Waals surface area contributed by atoms with Gasteiger partial charge in [-0.3, -0.25) is 4.79 Å². The van der Waals surface area contributed by atoms with Crippen LogP contribution in [0.3, 0.4) is 0 Å². The van der Waals surface area contributed by atoms with Crippen molar-refractivity contribution in [3.63, 3.8) is 0 Å². The molecule has 0 radical (unpaired) electrons. The standard InChI is InChI=1S/C20H17F2N3O2/c21-17-8-6-14(12-18(17)22)24-19-9-7-15(13-23-19)25-20(26)10-11-27-16-4-2-1-3-5-16/h1-9,12-13H,10-11H2,(H,23,24)(H,25,26). The number of hydrogen-bond acceptors (Lipinski definition) is 4. The number of halogens is 2. The molecular weight excluding hydrogens is 352 g/mol. The van der Waals surface area contributed by atoms with Crippen LogP contribution in [0.1, 0.15) is 6.42 Å². The fourth-order valence-corrected chi connectivity index (χ4v) is 2.27. The molecule has 1 aromatic heterocycles. The molecule has 0 saturated heterocycles. The molecule has 27 heavy (non-hydrogen) atoms.